The highest BCUT2D eigenvalue weighted by Crippen LogP contribution is 2.22. The third kappa shape index (κ3) is 3.68. The van der Waals surface area contributed by atoms with Crippen molar-refractivity contribution >= 4 is 15.9 Å². The van der Waals surface area contributed by atoms with Gasteiger partial charge in [-0.3, -0.25) is 0 Å². The second-order valence-electron chi connectivity index (χ2n) is 4.99. The zero-order chi connectivity index (χ0) is 13.8. The monoisotopic (exact) mass is 317 g/mol. The Morgan fingerprint density at radius 1 is 1.05 bits per heavy atom. The van der Waals surface area contributed by atoms with E-state index in [1.807, 2.05) is 0 Å². The van der Waals surface area contributed by atoms with Crippen molar-refractivity contribution in [2.45, 2.75) is 32.7 Å². The topological polar surface area (TPSA) is 26.0 Å². The minimum atomic E-state index is 0.0549. The summed E-state index contributed by atoms with van der Waals surface area (Å²) in [5.41, 5.74) is 11.4. The summed E-state index contributed by atoms with van der Waals surface area (Å²) in [6.07, 6.45) is 1.96. The quantitative estimate of drug-likeness (QED) is 0.878. The molecule has 0 amide bonds. The second-order valence-corrected chi connectivity index (χ2v) is 5.84. The molecule has 0 aliphatic heterocycles. The molecule has 0 saturated heterocycles. The lowest BCUT2D eigenvalue weighted by molar-refractivity contribution is 0.720. The van der Waals surface area contributed by atoms with Crippen LogP contribution in [-0.2, 0) is 12.8 Å². The molecule has 0 aliphatic carbocycles. The van der Waals surface area contributed by atoms with E-state index in [2.05, 4.69) is 72.2 Å². The highest BCUT2D eigenvalue weighted by atomic mass is 79.9. The van der Waals surface area contributed by atoms with Crippen LogP contribution < -0.4 is 5.73 Å². The molecule has 0 saturated carbocycles. The van der Waals surface area contributed by atoms with E-state index in [0.717, 1.165) is 17.3 Å². The molecule has 0 fully saturated rings. The van der Waals surface area contributed by atoms with Crippen molar-refractivity contribution in [2.24, 2.45) is 5.73 Å². The molecule has 1 nitrogen and oxygen atoms in total. The Balaban J connectivity index is 2.10. The van der Waals surface area contributed by atoms with Gasteiger partial charge in [0, 0.05) is 10.5 Å². The van der Waals surface area contributed by atoms with Crippen LogP contribution in [0, 0.1) is 6.92 Å². The Kier molecular flexibility index (Phi) is 4.78. The maximum atomic E-state index is 6.30. The molecule has 0 heterocycles. The molecule has 0 bridgehead atoms. The van der Waals surface area contributed by atoms with Crippen LogP contribution in [0.15, 0.2) is 46.9 Å². The fourth-order valence-corrected chi connectivity index (χ4v) is 2.43. The summed E-state index contributed by atoms with van der Waals surface area (Å²) in [4.78, 5) is 0. The largest absolute Gasteiger partial charge is 0.324 e. The Morgan fingerprint density at radius 3 is 2.26 bits per heavy atom. The van der Waals surface area contributed by atoms with E-state index in [-0.39, 0.29) is 6.04 Å². The normalized spacial score (nSPS) is 12.4. The summed E-state index contributed by atoms with van der Waals surface area (Å²) < 4.78 is 1.13. The molecule has 2 N–H and O–H groups in total. The molecule has 2 aromatic rings. The van der Waals surface area contributed by atoms with Crippen LogP contribution in [-0.4, -0.2) is 0 Å². The summed E-state index contributed by atoms with van der Waals surface area (Å²) in [6.45, 7) is 4.27. The maximum Gasteiger partial charge on any atom is 0.0335 e. The van der Waals surface area contributed by atoms with Gasteiger partial charge in [0.05, 0.1) is 0 Å². The molecule has 2 rings (SSSR count). The average Bonchev–Trinajstić information content (AvgIpc) is 2.42. The number of rotatable bonds is 4. The predicted octanol–water partition coefficient (Wildman–Crippen LogP) is 4.56. The van der Waals surface area contributed by atoms with Gasteiger partial charge in [-0.1, -0.05) is 59.3 Å². The zero-order valence-corrected chi connectivity index (χ0v) is 13.1. The molecule has 1 atom stereocenters. The summed E-state index contributed by atoms with van der Waals surface area (Å²) in [5, 5.41) is 0. The SMILES string of the molecule is CCc1ccc(CC(N)c2ccc(Br)c(C)c2)cc1. The molecule has 100 valence electrons. The fraction of sp³-hybridized carbons (Fsp3) is 0.294. The third-order valence-electron chi connectivity index (χ3n) is 3.50. The first-order valence-corrected chi connectivity index (χ1v) is 7.49. The predicted molar refractivity (Wildman–Crippen MR) is 85.3 cm³/mol. The highest BCUT2D eigenvalue weighted by molar-refractivity contribution is 9.10. The first-order chi connectivity index (χ1) is 9.10. The van der Waals surface area contributed by atoms with E-state index in [0.29, 0.717) is 0 Å². The molecule has 2 heteroatoms. The van der Waals surface area contributed by atoms with Crippen molar-refractivity contribution in [3.05, 3.63) is 69.2 Å². The molecular formula is C17H20BrN. The maximum absolute atomic E-state index is 6.30. The van der Waals surface area contributed by atoms with Crippen molar-refractivity contribution < 1.29 is 0 Å². The van der Waals surface area contributed by atoms with Crippen LogP contribution in [0.1, 0.15) is 35.2 Å². The van der Waals surface area contributed by atoms with E-state index < -0.39 is 0 Å². The average molecular weight is 318 g/mol. The van der Waals surface area contributed by atoms with Crippen molar-refractivity contribution in [3.63, 3.8) is 0 Å². The zero-order valence-electron chi connectivity index (χ0n) is 11.5. The first kappa shape index (κ1) is 14.3. The molecular weight excluding hydrogens is 298 g/mol. The van der Waals surface area contributed by atoms with Crippen LogP contribution in [0.2, 0.25) is 0 Å². The van der Waals surface area contributed by atoms with E-state index in [1.54, 1.807) is 0 Å². The van der Waals surface area contributed by atoms with E-state index in [9.17, 15) is 0 Å². The van der Waals surface area contributed by atoms with Crippen molar-refractivity contribution in [1.82, 2.24) is 0 Å². The van der Waals surface area contributed by atoms with Crippen molar-refractivity contribution in [3.8, 4) is 0 Å². The number of halogens is 1. The lowest BCUT2D eigenvalue weighted by atomic mass is 9.97. The molecule has 1 unspecified atom stereocenters. The summed E-state index contributed by atoms with van der Waals surface area (Å²) >= 11 is 3.52. The Hall–Kier alpha value is -1.12. The van der Waals surface area contributed by atoms with Gasteiger partial charge in [0.25, 0.3) is 0 Å². The van der Waals surface area contributed by atoms with Gasteiger partial charge in [-0.05, 0) is 48.1 Å². The van der Waals surface area contributed by atoms with Crippen LogP contribution in [0.5, 0.6) is 0 Å². The van der Waals surface area contributed by atoms with Crippen LogP contribution >= 0.6 is 15.9 Å². The minimum absolute atomic E-state index is 0.0549. The number of aryl methyl sites for hydroxylation is 2. The molecule has 0 aromatic heterocycles. The van der Waals surface area contributed by atoms with E-state index in [1.165, 1.54) is 22.3 Å². The lowest BCUT2D eigenvalue weighted by Gasteiger charge is -2.14. The summed E-state index contributed by atoms with van der Waals surface area (Å²) in [7, 11) is 0. The van der Waals surface area contributed by atoms with Gasteiger partial charge in [0.1, 0.15) is 0 Å². The number of benzene rings is 2. The minimum Gasteiger partial charge on any atom is -0.324 e. The Bertz CT molecular complexity index is 546. The summed E-state index contributed by atoms with van der Waals surface area (Å²) in [6, 6.07) is 15.1. The molecule has 2 aromatic carbocycles. The van der Waals surface area contributed by atoms with Crippen LogP contribution in [0.3, 0.4) is 0 Å². The molecule has 19 heavy (non-hydrogen) atoms. The third-order valence-corrected chi connectivity index (χ3v) is 4.39. The standard InChI is InChI=1S/C17H20BrN/c1-3-13-4-6-14(7-5-13)11-17(19)15-8-9-16(18)12(2)10-15/h4-10,17H,3,11,19H2,1-2H3. The molecule has 0 spiro atoms. The number of nitrogens with two attached hydrogens (primary N) is 1. The Labute approximate surface area is 124 Å². The second kappa shape index (κ2) is 6.36. The van der Waals surface area contributed by atoms with Gasteiger partial charge >= 0.3 is 0 Å². The molecule has 0 radical (unpaired) electrons. The highest BCUT2D eigenvalue weighted by Gasteiger charge is 2.08. The van der Waals surface area contributed by atoms with Crippen LogP contribution in [0.25, 0.3) is 0 Å². The van der Waals surface area contributed by atoms with Gasteiger partial charge < -0.3 is 5.73 Å². The molecule has 0 aliphatic rings. The van der Waals surface area contributed by atoms with Crippen molar-refractivity contribution in [1.29, 1.82) is 0 Å². The lowest BCUT2D eigenvalue weighted by Crippen LogP contribution is -2.13. The van der Waals surface area contributed by atoms with Crippen molar-refractivity contribution in [2.75, 3.05) is 0 Å². The number of hydrogen-bond donors (Lipinski definition) is 1. The fourth-order valence-electron chi connectivity index (χ4n) is 2.18. The Morgan fingerprint density at radius 2 is 1.68 bits per heavy atom. The van der Waals surface area contributed by atoms with Gasteiger partial charge in [-0.25, -0.2) is 0 Å². The van der Waals surface area contributed by atoms with Gasteiger partial charge in [-0.2, -0.15) is 0 Å². The van der Waals surface area contributed by atoms with Gasteiger partial charge in [0.15, 0.2) is 0 Å². The van der Waals surface area contributed by atoms with E-state index >= 15 is 0 Å². The van der Waals surface area contributed by atoms with Crippen LogP contribution in [0.4, 0.5) is 0 Å². The van der Waals surface area contributed by atoms with E-state index in [4.69, 9.17) is 5.73 Å². The first-order valence-electron chi connectivity index (χ1n) is 6.69. The number of hydrogen-bond acceptors (Lipinski definition) is 1. The smallest absolute Gasteiger partial charge is 0.0335 e. The summed E-state index contributed by atoms with van der Waals surface area (Å²) in [5.74, 6) is 0. The van der Waals surface area contributed by atoms with Gasteiger partial charge in [0.2, 0.25) is 0 Å². The van der Waals surface area contributed by atoms with Gasteiger partial charge in [-0.15, -0.1) is 0 Å².